The number of ether oxygens (including phenoxy) is 1. The highest BCUT2D eigenvalue weighted by molar-refractivity contribution is 5.98. The SMILES string of the molecule is CCOc1ccccc1N(C)C(=O)Cc1c(C(=O)O)c(C)cn1C. The first-order valence-corrected chi connectivity index (χ1v) is 7.73. The second-order valence-corrected chi connectivity index (χ2v) is 5.58. The second kappa shape index (κ2) is 7.21. The summed E-state index contributed by atoms with van der Waals surface area (Å²) in [7, 11) is 3.41. The molecule has 0 saturated heterocycles. The molecule has 6 nitrogen and oxygen atoms in total. The molecule has 0 spiro atoms. The Bertz CT molecular complexity index is 764. The topological polar surface area (TPSA) is 71.8 Å². The van der Waals surface area contributed by atoms with E-state index in [2.05, 4.69) is 0 Å². The van der Waals surface area contributed by atoms with E-state index in [-0.39, 0.29) is 17.9 Å². The minimum atomic E-state index is -1.02. The molecular weight excluding hydrogens is 308 g/mol. The quantitative estimate of drug-likeness (QED) is 0.884. The van der Waals surface area contributed by atoms with Crippen LogP contribution in [0.1, 0.15) is 28.5 Å². The van der Waals surface area contributed by atoms with Gasteiger partial charge in [-0.05, 0) is 31.5 Å². The number of carboxylic acid groups (broad SMARTS) is 1. The van der Waals surface area contributed by atoms with Crippen LogP contribution in [0.4, 0.5) is 5.69 Å². The minimum absolute atomic E-state index is 0.00291. The molecule has 1 N–H and O–H groups in total. The van der Waals surface area contributed by atoms with Gasteiger partial charge in [0.2, 0.25) is 5.91 Å². The molecule has 0 fully saturated rings. The Kier molecular flexibility index (Phi) is 5.28. The number of aryl methyl sites for hydroxylation is 2. The van der Waals surface area contributed by atoms with E-state index < -0.39 is 5.97 Å². The van der Waals surface area contributed by atoms with Crippen molar-refractivity contribution in [2.45, 2.75) is 20.3 Å². The van der Waals surface area contributed by atoms with Crippen molar-refractivity contribution in [3.63, 3.8) is 0 Å². The Morgan fingerprint density at radius 2 is 1.96 bits per heavy atom. The van der Waals surface area contributed by atoms with Crippen molar-refractivity contribution in [1.82, 2.24) is 4.57 Å². The summed E-state index contributed by atoms with van der Waals surface area (Å²) in [5, 5.41) is 9.38. The fraction of sp³-hybridized carbons (Fsp3) is 0.333. The van der Waals surface area contributed by atoms with Gasteiger partial charge in [0.15, 0.2) is 0 Å². The standard InChI is InChI=1S/C18H22N2O4/c1-5-24-15-9-7-6-8-13(15)20(4)16(21)10-14-17(18(22)23)12(2)11-19(14)3/h6-9,11H,5,10H2,1-4H3,(H,22,23). The summed E-state index contributed by atoms with van der Waals surface area (Å²) in [5.74, 6) is -0.600. The van der Waals surface area contributed by atoms with Crippen molar-refractivity contribution in [3.05, 3.63) is 47.3 Å². The summed E-state index contributed by atoms with van der Waals surface area (Å²) in [6.07, 6.45) is 1.73. The molecule has 2 rings (SSSR count). The summed E-state index contributed by atoms with van der Waals surface area (Å²) in [4.78, 5) is 25.6. The number of anilines is 1. The van der Waals surface area contributed by atoms with E-state index in [4.69, 9.17) is 4.74 Å². The lowest BCUT2D eigenvalue weighted by Crippen LogP contribution is -2.29. The van der Waals surface area contributed by atoms with Gasteiger partial charge in [-0.3, -0.25) is 4.79 Å². The molecule has 1 heterocycles. The third kappa shape index (κ3) is 3.42. The number of hydrogen-bond donors (Lipinski definition) is 1. The molecule has 0 bridgehead atoms. The van der Waals surface area contributed by atoms with E-state index in [1.54, 1.807) is 43.9 Å². The van der Waals surface area contributed by atoms with Crippen LogP contribution in [0, 0.1) is 6.92 Å². The third-order valence-electron chi connectivity index (χ3n) is 3.93. The largest absolute Gasteiger partial charge is 0.492 e. The molecule has 0 aliphatic heterocycles. The monoisotopic (exact) mass is 330 g/mol. The number of likely N-dealkylation sites (N-methyl/N-ethyl adjacent to an activating group) is 1. The number of hydrogen-bond acceptors (Lipinski definition) is 3. The zero-order chi connectivity index (χ0) is 17.9. The molecule has 1 aromatic carbocycles. The highest BCUT2D eigenvalue weighted by atomic mass is 16.5. The van der Waals surface area contributed by atoms with E-state index in [1.165, 1.54) is 4.90 Å². The molecule has 0 aliphatic rings. The predicted octanol–water partition coefficient (Wildman–Crippen LogP) is 2.64. The number of para-hydroxylation sites is 2. The Balaban J connectivity index is 2.30. The van der Waals surface area contributed by atoms with Gasteiger partial charge in [-0.15, -0.1) is 0 Å². The Morgan fingerprint density at radius 1 is 1.29 bits per heavy atom. The number of rotatable bonds is 6. The lowest BCUT2D eigenvalue weighted by molar-refractivity contribution is -0.117. The molecule has 0 unspecified atom stereocenters. The second-order valence-electron chi connectivity index (χ2n) is 5.58. The number of aromatic carboxylic acids is 1. The van der Waals surface area contributed by atoms with Gasteiger partial charge in [-0.25, -0.2) is 4.79 Å². The lowest BCUT2D eigenvalue weighted by Gasteiger charge is -2.21. The minimum Gasteiger partial charge on any atom is -0.492 e. The predicted molar refractivity (Wildman–Crippen MR) is 91.8 cm³/mol. The average Bonchev–Trinajstić information content (AvgIpc) is 2.81. The maximum atomic E-state index is 12.7. The number of benzene rings is 1. The Morgan fingerprint density at radius 3 is 2.58 bits per heavy atom. The van der Waals surface area contributed by atoms with Crippen LogP contribution in [-0.4, -0.2) is 35.2 Å². The molecule has 2 aromatic rings. The summed E-state index contributed by atoms with van der Waals surface area (Å²) < 4.78 is 7.25. The molecule has 0 atom stereocenters. The number of carbonyl (C=O) groups is 2. The molecule has 0 radical (unpaired) electrons. The number of carboxylic acids is 1. The van der Waals surface area contributed by atoms with Crippen molar-refractivity contribution >= 4 is 17.6 Å². The first kappa shape index (κ1) is 17.6. The fourth-order valence-electron chi connectivity index (χ4n) is 2.75. The zero-order valence-electron chi connectivity index (χ0n) is 14.4. The van der Waals surface area contributed by atoms with Gasteiger partial charge < -0.3 is 19.3 Å². The van der Waals surface area contributed by atoms with Crippen molar-refractivity contribution in [2.24, 2.45) is 7.05 Å². The summed E-state index contributed by atoms with van der Waals surface area (Å²) in [6.45, 7) is 4.11. The Hall–Kier alpha value is -2.76. The van der Waals surface area contributed by atoms with Crippen LogP contribution in [0.2, 0.25) is 0 Å². The van der Waals surface area contributed by atoms with Gasteiger partial charge in [0.1, 0.15) is 5.75 Å². The van der Waals surface area contributed by atoms with Crippen LogP contribution in [0.25, 0.3) is 0 Å². The van der Waals surface area contributed by atoms with E-state index in [1.807, 2.05) is 19.1 Å². The van der Waals surface area contributed by atoms with Crippen molar-refractivity contribution in [2.75, 3.05) is 18.6 Å². The lowest BCUT2D eigenvalue weighted by atomic mass is 10.1. The zero-order valence-corrected chi connectivity index (χ0v) is 14.4. The van der Waals surface area contributed by atoms with E-state index in [9.17, 15) is 14.7 Å². The third-order valence-corrected chi connectivity index (χ3v) is 3.93. The smallest absolute Gasteiger partial charge is 0.337 e. The van der Waals surface area contributed by atoms with Gasteiger partial charge in [-0.1, -0.05) is 12.1 Å². The maximum absolute atomic E-state index is 12.7. The van der Waals surface area contributed by atoms with Crippen molar-refractivity contribution in [3.8, 4) is 5.75 Å². The molecule has 1 aromatic heterocycles. The number of amides is 1. The molecule has 128 valence electrons. The van der Waals surface area contributed by atoms with Crippen LogP contribution in [-0.2, 0) is 18.3 Å². The van der Waals surface area contributed by atoms with E-state index >= 15 is 0 Å². The van der Waals surface area contributed by atoms with Gasteiger partial charge in [0.25, 0.3) is 0 Å². The average molecular weight is 330 g/mol. The fourth-order valence-corrected chi connectivity index (χ4v) is 2.75. The highest BCUT2D eigenvalue weighted by Gasteiger charge is 2.23. The van der Waals surface area contributed by atoms with Crippen LogP contribution >= 0.6 is 0 Å². The molecule has 1 amide bonds. The van der Waals surface area contributed by atoms with Crippen LogP contribution in [0.15, 0.2) is 30.5 Å². The summed E-state index contributed by atoms with van der Waals surface area (Å²) in [5.41, 5.74) is 1.99. The summed E-state index contributed by atoms with van der Waals surface area (Å²) in [6, 6.07) is 7.28. The molecule has 24 heavy (non-hydrogen) atoms. The molecule has 0 aliphatic carbocycles. The van der Waals surface area contributed by atoms with Gasteiger partial charge in [0.05, 0.1) is 24.3 Å². The van der Waals surface area contributed by atoms with E-state index in [0.29, 0.717) is 29.3 Å². The van der Waals surface area contributed by atoms with Crippen LogP contribution in [0.5, 0.6) is 5.75 Å². The van der Waals surface area contributed by atoms with E-state index in [0.717, 1.165) is 0 Å². The van der Waals surface area contributed by atoms with Gasteiger partial charge >= 0.3 is 5.97 Å². The maximum Gasteiger partial charge on any atom is 0.337 e. The number of aromatic nitrogens is 1. The van der Waals surface area contributed by atoms with Crippen molar-refractivity contribution < 1.29 is 19.4 Å². The highest BCUT2D eigenvalue weighted by Crippen LogP contribution is 2.28. The number of carbonyl (C=O) groups excluding carboxylic acids is 1. The number of nitrogens with zero attached hydrogens (tertiary/aromatic N) is 2. The first-order valence-electron chi connectivity index (χ1n) is 7.73. The molecule has 0 saturated carbocycles. The molecule has 6 heteroatoms. The van der Waals surface area contributed by atoms with Gasteiger partial charge in [0, 0.05) is 26.0 Å². The van der Waals surface area contributed by atoms with Crippen LogP contribution in [0.3, 0.4) is 0 Å². The summed E-state index contributed by atoms with van der Waals surface area (Å²) >= 11 is 0. The normalized spacial score (nSPS) is 10.5. The van der Waals surface area contributed by atoms with Crippen LogP contribution < -0.4 is 9.64 Å². The first-order chi connectivity index (χ1) is 11.4. The van der Waals surface area contributed by atoms with Gasteiger partial charge in [-0.2, -0.15) is 0 Å². The van der Waals surface area contributed by atoms with Crippen molar-refractivity contribution in [1.29, 1.82) is 0 Å². The Labute approximate surface area is 141 Å². The molecular formula is C18H22N2O4.